The first-order chi connectivity index (χ1) is 6.65. The molecule has 2 nitrogen and oxygen atoms in total. The molecule has 0 aliphatic rings. The second-order valence-corrected chi connectivity index (χ2v) is 3.30. The molecule has 0 N–H and O–H groups in total. The Bertz CT molecular complexity index is 321. The van der Waals surface area contributed by atoms with Gasteiger partial charge < -0.3 is 4.74 Å². The molecule has 0 aliphatic heterocycles. The van der Waals surface area contributed by atoms with Gasteiger partial charge in [-0.2, -0.15) is 0 Å². The second kappa shape index (κ2) is 4.74. The molecule has 0 spiro atoms. The van der Waals surface area contributed by atoms with Crippen molar-refractivity contribution in [1.29, 1.82) is 0 Å². The van der Waals surface area contributed by atoms with Crippen LogP contribution in [-0.2, 0) is 4.79 Å². The van der Waals surface area contributed by atoms with Crippen LogP contribution in [0.3, 0.4) is 0 Å². The lowest BCUT2D eigenvalue weighted by molar-refractivity contribution is -0.135. The van der Waals surface area contributed by atoms with Crippen LogP contribution in [0.2, 0.25) is 0 Å². The van der Waals surface area contributed by atoms with E-state index in [1.54, 1.807) is 12.1 Å². The molecule has 0 aromatic heterocycles. The molecular weight excluding hydrogens is 183 g/mol. The molecule has 0 fully saturated rings. The summed E-state index contributed by atoms with van der Waals surface area (Å²) >= 11 is 0. The first-order valence-corrected chi connectivity index (χ1v) is 4.50. The second-order valence-electron chi connectivity index (χ2n) is 3.30. The molecule has 14 heavy (non-hydrogen) atoms. The van der Waals surface area contributed by atoms with Crippen LogP contribution in [0.4, 0.5) is 4.39 Å². The third-order valence-corrected chi connectivity index (χ3v) is 1.87. The highest BCUT2D eigenvalue weighted by Gasteiger charge is 2.10. The molecule has 0 amide bonds. The van der Waals surface area contributed by atoms with Gasteiger partial charge in [0.2, 0.25) is 0 Å². The van der Waals surface area contributed by atoms with E-state index < -0.39 is 12.6 Å². The lowest BCUT2D eigenvalue weighted by Gasteiger charge is -2.11. The zero-order chi connectivity index (χ0) is 10.6. The highest BCUT2D eigenvalue weighted by Crippen LogP contribution is 2.25. The molecule has 0 bridgehead atoms. The van der Waals surface area contributed by atoms with Crippen molar-refractivity contribution < 1.29 is 13.9 Å². The van der Waals surface area contributed by atoms with Crippen molar-refractivity contribution in [2.75, 3.05) is 6.67 Å². The molecule has 76 valence electrons. The van der Waals surface area contributed by atoms with Crippen LogP contribution in [0.15, 0.2) is 24.3 Å². The largest absolute Gasteiger partial charge is 0.424 e. The number of halogens is 1. The summed E-state index contributed by atoms with van der Waals surface area (Å²) in [6.45, 7) is 2.89. The number of benzene rings is 1. The Morgan fingerprint density at radius 3 is 2.64 bits per heavy atom. The van der Waals surface area contributed by atoms with Gasteiger partial charge in [0, 0.05) is 0 Å². The zero-order valence-electron chi connectivity index (χ0n) is 8.29. The van der Waals surface area contributed by atoms with Crippen molar-refractivity contribution in [3.8, 4) is 5.75 Å². The Hall–Kier alpha value is -1.38. The minimum Gasteiger partial charge on any atom is -0.424 e. The Morgan fingerprint density at radius 1 is 1.43 bits per heavy atom. The van der Waals surface area contributed by atoms with Gasteiger partial charge in [0.25, 0.3) is 0 Å². The minimum absolute atomic E-state index is 0.249. The monoisotopic (exact) mass is 196 g/mol. The first-order valence-electron chi connectivity index (χ1n) is 4.50. The fraction of sp³-hybridized carbons (Fsp3) is 0.364. The topological polar surface area (TPSA) is 26.3 Å². The quantitative estimate of drug-likeness (QED) is 0.548. The molecule has 0 saturated heterocycles. The SMILES string of the molecule is CC(C)c1ccccc1OC(=O)CF. The molecule has 1 aromatic rings. The average Bonchev–Trinajstić information content (AvgIpc) is 2.18. The molecule has 0 atom stereocenters. The molecule has 3 heteroatoms. The number of hydrogen-bond donors (Lipinski definition) is 0. The number of ether oxygens (including phenoxy) is 1. The third kappa shape index (κ3) is 2.55. The van der Waals surface area contributed by atoms with Gasteiger partial charge in [-0.3, -0.25) is 0 Å². The molecule has 1 aromatic carbocycles. The van der Waals surface area contributed by atoms with Crippen molar-refractivity contribution in [1.82, 2.24) is 0 Å². The van der Waals surface area contributed by atoms with Gasteiger partial charge in [0.15, 0.2) is 6.67 Å². The van der Waals surface area contributed by atoms with Gasteiger partial charge in [0.05, 0.1) is 0 Å². The smallest absolute Gasteiger partial charge is 0.342 e. The number of carbonyl (C=O) groups excluding carboxylic acids is 1. The minimum atomic E-state index is -1.09. The van der Waals surface area contributed by atoms with Crippen LogP contribution < -0.4 is 4.74 Å². The summed E-state index contributed by atoms with van der Waals surface area (Å²) in [4.78, 5) is 10.8. The standard InChI is InChI=1S/C11H13FO2/c1-8(2)9-5-3-4-6-10(9)14-11(13)7-12/h3-6,8H,7H2,1-2H3. The highest BCUT2D eigenvalue weighted by atomic mass is 19.1. The summed E-state index contributed by atoms with van der Waals surface area (Å²) in [6, 6.07) is 7.16. The van der Waals surface area contributed by atoms with Gasteiger partial charge in [-0.15, -0.1) is 0 Å². The van der Waals surface area contributed by atoms with Crippen LogP contribution in [0.1, 0.15) is 25.3 Å². The summed E-state index contributed by atoms with van der Waals surface area (Å²) < 4.78 is 16.8. The number of carbonyl (C=O) groups is 1. The Kier molecular flexibility index (Phi) is 3.63. The van der Waals surface area contributed by atoms with Crippen molar-refractivity contribution in [3.05, 3.63) is 29.8 Å². The van der Waals surface area contributed by atoms with Crippen LogP contribution >= 0.6 is 0 Å². The molecule has 0 radical (unpaired) electrons. The number of esters is 1. The van der Waals surface area contributed by atoms with E-state index in [1.807, 2.05) is 26.0 Å². The van der Waals surface area contributed by atoms with Gasteiger partial charge in [0.1, 0.15) is 5.75 Å². The van der Waals surface area contributed by atoms with Gasteiger partial charge >= 0.3 is 5.97 Å². The van der Waals surface area contributed by atoms with E-state index in [0.717, 1.165) is 5.56 Å². The van der Waals surface area contributed by atoms with Crippen molar-refractivity contribution in [3.63, 3.8) is 0 Å². The summed E-state index contributed by atoms with van der Waals surface area (Å²) in [7, 11) is 0. The number of para-hydroxylation sites is 1. The molecule has 0 heterocycles. The molecule has 1 rings (SSSR count). The fourth-order valence-corrected chi connectivity index (χ4v) is 1.20. The van der Waals surface area contributed by atoms with Crippen molar-refractivity contribution in [2.24, 2.45) is 0 Å². The lowest BCUT2D eigenvalue weighted by Crippen LogP contribution is -2.11. The summed E-state index contributed by atoms with van der Waals surface area (Å²) in [6.07, 6.45) is 0. The third-order valence-electron chi connectivity index (χ3n) is 1.87. The maximum atomic E-state index is 11.9. The normalized spacial score (nSPS) is 10.3. The lowest BCUT2D eigenvalue weighted by atomic mass is 10.0. The van der Waals surface area contributed by atoms with Crippen molar-refractivity contribution >= 4 is 5.97 Å². The van der Waals surface area contributed by atoms with E-state index in [2.05, 4.69) is 0 Å². The Labute approximate surface area is 82.7 Å². The van der Waals surface area contributed by atoms with E-state index in [1.165, 1.54) is 0 Å². The Morgan fingerprint density at radius 2 is 2.07 bits per heavy atom. The number of rotatable bonds is 3. The molecule has 0 saturated carbocycles. The van der Waals surface area contributed by atoms with E-state index in [4.69, 9.17) is 4.74 Å². The van der Waals surface area contributed by atoms with Gasteiger partial charge in [-0.1, -0.05) is 32.0 Å². The predicted molar refractivity (Wildman–Crippen MR) is 52.1 cm³/mol. The van der Waals surface area contributed by atoms with E-state index >= 15 is 0 Å². The maximum Gasteiger partial charge on any atom is 0.342 e. The van der Waals surface area contributed by atoms with Crippen LogP contribution in [-0.4, -0.2) is 12.6 Å². The van der Waals surface area contributed by atoms with E-state index in [0.29, 0.717) is 5.75 Å². The van der Waals surface area contributed by atoms with Gasteiger partial charge in [-0.25, -0.2) is 9.18 Å². The van der Waals surface area contributed by atoms with E-state index in [9.17, 15) is 9.18 Å². The summed E-state index contributed by atoms with van der Waals surface area (Å²) in [5.41, 5.74) is 0.911. The molecule has 0 unspecified atom stereocenters. The first kappa shape index (κ1) is 10.7. The number of hydrogen-bond acceptors (Lipinski definition) is 2. The molecular formula is C11H13FO2. The highest BCUT2D eigenvalue weighted by molar-refractivity contribution is 5.73. The predicted octanol–water partition coefficient (Wildman–Crippen LogP) is 2.68. The van der Waals surface area contributed by atoms with Crippen LogP contribution in [0.5, 0.6) is 5.75 Å². The van der Waals surface area contributed by atoms with Crippen LogP contribution in [0, 0.1) is 0 Å². The fourth-order valence-electron chi connectivity index (χ4n) is 1.20. The maximum absolute atomic E-state index is 11.9. The Balaban J connectivity index is 2.90. The number of alkyl halides is 1. The molecule has 0 aliphatic carbocycles. The summed E-state index contributed by atoms with van der Waals surface area (Å²) in [5.74, 6) is -0.151. The van der Waals surface area contributed by atoms with Crippen molar-refractivity contribution in [2.45, 2.75) is 19.8 Å². The van der Waals surface area contributed by atoms with E-state index in [-0.39, 0.29) is 5.92 Å². The van der Waals surface area contributed by atoms with Gasteiger partial charge in [-0.05, 0) is 17.5 Å². The van der Waals surface area contributed by atoms with Crippen LogP contribution in [0.25, 0.3) is 0 Å². The summed E-state index contributed by atoms with van der Waals surface area (Å²) in [5, 5.41) is 0. The zero-order valence-corrected chi connectivity index (χ0v) is 8.29. The average molecular weight is 196 g/mol.